The molecule has 6 nitrogen and oxygen atoms in total. The molecule has 0 aromatic carbocycles. The SMILES string of the molecule is C[Si](C)(C)C(O)[C@H]1OC(O)(I)[C@](O)([Si](C)(C)C)[C@@](O)([Si](C)(C)C)[C@]1(O)[Si](C)(C)C. The van der Waals surface area contributed by atoms with Crippen molar-refractivity contribution in [2.75, 3.05) is 0 Å². The summed E-state index contributed by atoms with van der Waals surface area (Å²) >= 11 is 1.67. The summed E-state index contributed by atoms with van der Waals surface area (Å²) in [6.07, 6.45) is -1.20. The van der Waals surface area contributed by atoms with Crippen molar-refractivity contribution in [1.82, 2.24) is 0 Å². The molecule has 0 aromatic heterocycles. The predicted molar refractivity (Wildman–Crippen MR) is 138 cm³/mol. The van der Waals surface area contributed by atoms with Crippen LogP contribution in [0.1, 0.15) is 0 Å². The standard InChI is InChI=1S/C18H43IO6Si4/c1-26(2,3)14(20)13-15(21,27(4,5)6)16(22,28(7,8)9)17(23,29(10,11)12)18(19,24)25-13/h13-14,20-24H,1-12H3/t13-,14?,15-,16+,17-,18?/m1/s1. The van der Waals surface area contributed by atoms with Crippen LogP contribution in [0.15, 0.2) is 0 Å². The van der Waals surface area contributed by atoms with Gasteiger partial charge in [0.2, 0.25) is 3.79 Å². The van der Waals surface area contributed by atoms with Gasteiger partial charge in [0.05, 0.1) is 38.0 Å². The van der Waals surface area contributed by atoms with E-state index >= 15 is 0 Å². The molecular weight excluding hydrogens is 551 g/mol. The van der Waals surface area contributed by atoms with Crippen molar-refractivity contribution in [1.29, 1.82) is 0 Å². The van der Waals surface area contributed by atoms with Gasteiger partial charge >= 0.3 is 0 Å². The first kappa shape index (κ1) is 28.4. The van der Waals surface area contributed by atoms with E-state index < -0.39 is 63.6 Å². The molecule has 29 heavy (non-hydrogen) atoms. The minimum absolute atomic E-state index is 1.03. The molecule has 1 fully saturated rings. The first-order valence-electron chi connectivity index (χ1n) is 10.2. The van der Waals surface area contributed by atoms with Crippen LogP contribution in [0, 0.1) is 0 Å². The second-order valence-electron chi connectivity index (χ2n) is 12.8. The molecule has 0 aliphatic carbocycles. The first-order valence-corrected chi connectivity index (χ1v) is 25.3. The van der Waals surface area contributed by atoms with Gasteiger partial charge in [-0.2, -0.15) is 0 Å². The van der Waals surface area contributed by atoms with Crippen LogP contribution in [0.2, 0.25) is 78.6 Å². The highest BCUT2D eigenvalue weighted by Gasteiger charge is 2.85. The lowest BCUT2D eigenvalue weighted by molar-refractivity contribution is -0.348. The summed E-state index contributed by atoms with van der Waals surface area (Å²) in [6, 6.07) is 0. The number of ether oxygens (including phenoxy) is 1. The van der Waals surface area contributed by atoms with Crippen molar-refractivity contribution < 1.29 is 30.3 Å². The first-order chi connectivity index (χ1) is 12.2. The van der Waals surface area contributed by atoms with Crippen molar-refractivity contribution in [3.8, 4) is 0 Å². The number of hydrogen-bond acceptors (Lipinski definition) is 6. The van der Waals surface area contributed by atoms with Gasteiger partial charge in [-0.15, -0.1) is 0 Å². The van der Waals surface area contributed by atoms with Crippen LogP contribution in [0.5, 0.6) is 0 Å². The largest absolute Gasteiger partial charge is 0.394 e. The van der Waals surface area contributed by atoms with Gasteiger partial charge in [-0.05, 0) is 22.6 Å². The van der Waals surface area contributed by atoms with E-state index in [-0.39, 0.29) is 0 Å². The molecule has 174 valence electrons. The monoisotopic (exact) mass is 594 g/mol. The summed E-state index contributed by atoms with van der Waals surface area (Å²) < 4.78 is 3.94. The summed E-state index contributed by atoms with van der Waals surface area (Å²) in [7, 11) is -10.6. The molecule has 1 aliphatic heterocycles. The van der Waals surface area contributed by atoms with Crippen LogP contribution in [0.3, 0.4) is 0 Å². The third-order valence-electron chi connectivity index (χ3n) is 6.70. The molecule has 1 saturated heterocycles. The molecule has 2 unspecified atom stereocenters. The molecule has 11 heteroatoms. The molecule has 0 amide bonds. The van der Waals surface area contributed by atoms with E-state index in [1.54, 1.807) is 22.6 Å². The van der Waals surface area contributed by atoms with E-state index in [4.69, 9.17) is 4.74 Å². The van der Waals surface area contributed by atoms with Gasteiger partial charge in [-0.25, -0.2) is 0 Å². The zero-order valence-corrected chi connectivity index (χ0v) is 26.3. The minimum Gasteiger partial charge on any atom is -0.394 e. The molecule has 0 bridgehead atoms. The number of alkyl halides is 1. The topological polar surface area (TPSA) is 110 Å². The summed E-state index contributed by atoms with van der Waals surface area (Å²) in [5.41, 5.74) is -1.03. The summed E-state index contributed by atoms with van der Waals surface area (Å²) in [5.74, 6) is 0. The quantitative estimate of drug-likeness (QED) is 0.190. The van der Waals surface area contributed by atoms with Crippen LogP contribution < -0.4 is 0 Å². The second-order valence-corrected chi connectivity index (χ2v) is 35.3. The van der Waals surface area contributed by atoms with E-state index in [1.165, 1.54) is 0 Å². The van der Waals surface area contributed by atoms with Gasteiger partial charge in [0.1, 0.15) is 21.8 Å². The number of aliphatic hydroxyl groups excluding tert-OH is 1. The maximum absolute atomic E-state index is 12.6. The molecule has 6 atom stereocenters. The van der Waals surface area contributed by atoms with Crippen LogP contribution in [0.4, 0.5) is 0 Å². The zero-order chi connectivity index (χ0) is 23.9. The Kier molecular flexibility index (Phi) is 7.28. The zero-order valence-electron chi connectivity index (χ0n) is 20.2. The minimum atomic E-state index is -2.82. The van der Waals surface area contributed by atoms with Gasteiger partial charge < -0.3 is 30.3 Å². The highest BCUT2D eigenvalue weighted by Crippen LogP contribution is 2.60. The van der Waals surface area contributed by atoms with Gasteiger partial charge in [-0.3, -0.25) is 0 Å². The number of halogens is 1. The van der Waals surface area contributed by atoms with Gasteiger partial charge in [0.25, 0.3) is 0 Å². The van der Waals surface area contributed by atoms with Crippen molar-refractivity contribution in [3.63, 3.8) is 0 Å². The van der Waals surface area contributed by atoms with Crippen LogP contribution >= 0.6 is 22.6 Å². The lowest BCUT2D eigenvalue weighted by Crippen LogP contribution is -2.97. The van der Waals surface area contributed by atoms with Crippen molar-refractivity contribution in [2.24, 2.45) is 0 Å². The Balaban J connectivity index is 4.21. The Morgan fingerprint density at radius 1 is 0.690 bits per heavy atom. The van der Waals surface area contributed by atoms with Crippen LogP contribution in [-0.4, -0.2) is 89.1 Å². The molecule has 0 radical (unpaired) electrons. The van der Waals surface area contributed by atoms with Gasteiger partial charge in [0.15, 0.2) is 0 Å². The highest BCUT2D eigenvalue weighted by molar-refractivity contribution is 14.1. The van der Waals surface area contributed by atoms with Crippen LogP contribution in [-0.2, 0) is 4.74 Å². The highest BCUT2D eigenvalue weighted by atomic mass is 127. The molecule has 0 saturated carbocycles. The maximum Gasteiger partial charge on any atom is 0.248 e. The second kappa shape index (κ2) is 7.43. The molecule has 0 aromatic rings. The lowest BCUT2D eigenvalue weighted by Gasteiger charge is -2.72. The molecule has 1 rings (SSSR count). The Morgan fingerprint density at radius 2 is 1.03 bits per heavy atom. The fraction of sp³-hybridized carbons (Fsp3) is 1.00. The third-order valence-corrected chi connectivity index (χ3v) is 19.5. The van der Waals surface area contributed by atoms with Gasteiger partial charge in [0, 0.05) is 0 Å². The number of hydrogen-bond donors (Lipinski definition) is 5. The maximum atomic E-state index is 12.6. The molecule has 5 N–H and O–H groups in total. The van der Waals surface area contributed by atoms with E-state index in [9.17, 15) is 25.5 Å². The summed E-state index contributed by atoms with van der Waals surface area (Å²) in [5, 5.41) is 54.3. The fourth-order valence-electron chi connectivity index (χ4n) is 4.88. The van der Waals surface area contributed by atoms with E-state index in [2.05, 4.69) is 0 Å². The lowest BCUT2D eigenvalue weighted by atomic mass is 9.95. The van der Waals surface area contributed by atoms with Crippen molar-refractivity contribution >= 4 is 54.9 Å². The van der Waals surface area contributed by atoms with Gasteiger partial charge in [-0.1, -0.05) is 78.6 Å². The Hall–Kier alpha value is 1.36. The third kappa shape index (κ3) is 3.77. The summed E-state index contributed by atoms with van der Waals surface area (Å²) in [4.78, 5) is 0. The smallest absolute Gasteiger partial charge is 0.248 e. The predicted octanol–water partition coefficient (Wildman–Crippen LogP) is 2.53. The molecule has 0 spiro atoms. The van der Waals surface area contributed by atoms with Crippen molar-refractivity contribution in [2.45, 2.75) is 110 Å². The Morgan fingerprint density at radius 3 is 1.28 bits per heavy atom. The van der Waals surface area contributed by atoms with E-state index in [0.717, 1.165) is 0 Å². The fourth-order valence-corrected chi connectivity index (χ4v) is 21.4. The molecule has 1 heterocycles. The average molecular weight is 595 g/mol. The van der Waals surface area contributed by atoms with E-state index in [1.807, 2.05) is 78.6 Å². The average Bonchev–Trinajstić information content (AvgIpc) is 2.43. The Bertz CT molecular complexity index is 636. The molecular formula is C18H43IO6Si4. The number of rotatable bonds is 5. The normalized spacial score (nSPS) is 41.4. The Labute approximate surface area is 194 Å². The van der Waals surface area contributed by atoms with E-state index in [0.29, 0.717) is 0 Å². The number of aliphatic hydroxyl groups is 5. The summed E-state index contributed by atoms with van der Waals surface area (Å²) in [6.45, 7) is 23.0. The van der Waals surface area contributed by atoms with Crippen LogP contribution in [0.25, 0.3) is 0 Å². The van der Waals surface area contributed by atoms with Crippen molar-refractivity contribution in [3.05, 3.63) is 0 Å². The molecule has 1 aliphatic rings.